The number of hydrogen-bond acceptors (Lipinski definition) is 3. The molecule has 0 bridgehead atoms. The Bertz CT molecular complexity index is 639. The third-order valence-corrected chi connectivity index (χ3v) is 3.86. The number of hydrazine groups is 1. The Labute approximate surface area is 130 Å². The monoisotopic (exact) mass is 356 g/mol. The van der Waals surface area contributed by atoms with Crippen molar-refractivity contribution in [3.8, 4) is 5.75 Å². The average Bonchev–Trinajstić information content (AvgIpc) is 2.42. The van der Waals surface area contributed by atoms with Gasteiger partial charge in [-0.05, 0) is 34.5 Å². The van der Waals surface area contributed by atoms with Crippen molar-refractivity contribution >= 4 is 21.6 Å². The minimum Gasteiger partial charge on any atom is -0.489 e. The van der Waals surface area contributed by atoms with Crippen LogP contribution in [0.15, 0.2) is 34.8 Å². The van der Waals surface area contributed by atoms with Crippen molar-refractivity contribution in [3.63, 3.8) is 0 Å². The van der Waals surface area contributed by atoms with E-state index in [1.54, 1.807) is 7.05 Å². The van der Waals surface area contributed by atoms with Crippen LogP contribution < -0.4 is 15.6 Å². The number of benzene rings is 2. The molecule has 0 atom stereocenters. The second-order valence-corrected chi connectivity index (χ2v) is 5.47. The van der Waals surface area contributed by atoms with E-state index >= 15 is 0 Å². The van der Waals surface area contributed by atoms with Crippen LogP contribution in [0.4, 0.5) is 14.5 Å². The van der Waals surface area contributed by atoms with Crippen molar-refractivity contribution in [1.29, 1.82) is 0 Å². The average molecular weight is 357 g/mol. The highest BCUT2D eigenvalue weighted by molar-refractivity contribution is 9.10. The lowest BCUT2D eigenvalue weighted by atomic mass is 10.1. The van der Waals surface area contributed by atoms with E-state index in [0.717, 1.165) is 28.9 Å². The molecule has 2 aromatic carbocycles. The van der Waals surface area contributed by atoms with Crippen molar-refractivity contribution in [2.45, 2.75) is 13.5 Å². The number of ether oxygens (including phenoxy) is 1. The first-order valence-electron chi connectivity index (χ1n) is 6.24. The van der Waals surface area contributed by atoms with Crippen LogP contribution in [0.5, 0.6) is 5.75 Å². The maximum Gasteiger partial charge on any atom is 0.144 e. The molecule has 0 aliphatic heterocycles. The first kappa shape index (κ1) is 15.7. The lowest BCUT2D eigenvalue weighted by Gasteiger charge is -2.19. The molecule has 0 fully saturated rings. The summed E-state index contributed by atoms with van der Waals surface area (Å²) < 4.78 is 32.2. The van der Waals surface area contributed by atoms with Crippen LogP contribution in [0.3, 0.4) is 0 Å². The van der Waals surface area contributed by atoms with E-state index in [2.05, 4.69) is 15.9 Å². The van der Waals surface area contributed by atoms with Gasteiger partial charge in [0.25, 0.3) is 0 Å². The predicted molar refractivity (Wildman–Crippen MR) is 82.2 cm³/mol. The molecular weight excluding hydrogens is 342 g/mol. The topological polar surface area (TPSA) is 38.5 Å². The molecule has 0 unspecified atom stereocenters. The van der Waals surface area contributed by atoms with E-state index in [9.17, 15) is 8.78 Å². The van der Waals surface area contributed by atoms with E-state index in [-0.39, 0.29) is 16.8 Å². The fourth-order valence-electron chi connectivity index (χ4n) is 1.98. The van der Waals surface area contributed by atoms with Gasteiger partial charge in [-0.2, -0.15) is 0 Å². The largest absolute Gasteiger partial charge is 0.489 e. The number of nitrogens with zero attached hydrogens (tertiary/aromatic N) is 1. The minimum absolute atomic E-state index is 0.127. The molecule has 0 saturated heterocycles. The summed E-state index contributed by atoms with van der Waals surface area (Å²) in [5, 5.41) is 1.48. The van der Waals surface area contributed by atoms with Crippen LogP contribution >= 0.6 is 15.9 Å². The number of anilines is 1. The van der Waals surface area contributed by atoms with Crippen LogP contribution in [-0.4, -0.2) is 7.05 Å². The maximum absolute atomic E-state index is 13.5. The summed E-state index contributed by atoms with van der Waals surface area (Å²) in [5.41, 5.74) is 2.65. The molecule has 3 nitrogen and oxygen atoms in total. The Morgan fingerprint density at radius 1 is 1.24 bits per heavy atom. The second kappa shape index (κ2) is 6.41. The second-order valence-electron chi connectivity index (χ2n) is 4.67. The molecule has 0 spiro atoms. The molecule has 0 amide bonds. The standard InChI is InChI=1S/C15H15BrF2N2O/c1-9-4-3-5-14(20(2)19)11(9)8-21-10-6-12(17)15(16)13(18)7-10/h3-7H,8,19H2,1-2H3. The number of halogens is 3. The van der Waals surface area contributed by atoms with Crippen molar-refractivity contribution in [2.75, 3.05) is 12.1 Å². The molecule has 0 saturated carbocycles. The highest BCUT2D eigenvalue weighted by Crippen LogP contribution is 2.27. The number of aryl methyl sites for hydroxylation is 1. The summed E-state index contributed by atoms with van der Waals surface area (Å²) in [6.45, 7) is 2.10. The van der Waals surface area contributed by atoms with Crippen LogP contribution in [0, 0.1) is 18.6 Å². The van der Waals surface area contributed by atoms with Crippen molar-refractivity contribution < 1.29 is 13.5 Å². The SMILES string of the molecule is Cc1cccc(N(C)N)c1COc1cc(F)c(Br)c(F)c1. The predicted octanol–water partition coefficient (Wildman–Crippen LogP) is 3.92. The van der Waals surface area contributed by atoms with E-state index in [1.807, 2.05) is 25.1 Å². The van der Waals surface area contributed by atoms with Crippen LogP contribution in [0.1, 0.15) is 11.1 Å². The normalized spacial score (nSPS) is 10.6. The molecule has 21 heavy (non-hydrogen) atoms. The molecule has 2 N–H and O–H groups in total. The Morgan fingerprint density at radius 2 is 1.86 bits per heavy atom. The summed E-state index contributed by atoms with van der Waals surface area (Å²) in [6.07, 6.45) is 0. The van der Waals surface area contributed by atoms with Crippen molar-refractivity contribution in [1.82, 2.24) is 0 Å². The van der Waals surface area contributed by atoms with Gasteiger partial charge in [0.1, 0.15) is 24.0 Å². The van der Waals surface area contributed by atoms with Crippen molar-refractivity contribution in [2.24, 2.45) is 5.84 Å². The fourth-order valence-corrected chi connectivity index (χ4v) is 2.21. The third kappa shape index (κ3) is 3.51. The van der Waals surface area contributed by atoms with E-state index < -0.39 is 11.6 Å². The Morgan fingerprint density at radius 3 is 2.43 bits per heavy atom. The summed E-state index contributed by atoms with van der Waals surface area (Å²) in [4.78, 5) is 0. The van der Waals surface area contributed by atoms with E-state index in [0.29, 0.717) is 0 Å². The molecule has 2 rings (SSSR count). The molecule has 2 aromatic rings. The fraction of sp³-hybridized carbons (Fsp3) is 0.200. The lowest BCUT2D eigenvalue weighted by molar-refractivity contribution is 0.302. The zero-order valence-corrected chi connectivity index (χ0v) is 13.2. The minimum atomic E-state index is -0.703. The van der Waals surface area contributed by atoms with E-state index in [4.69, 9.17) is 10.6 Å². The van der Waals surface area contributed by atoms with Gasteiger partial charge in [-0.1, -0.05) is 12.1 Å². The van der Waals surface area contributed by atoms with Gasteiger partial charge in [-0.15, -0.1) is 0 Å². The van der Waals surface area contributed by atoms with Gasteiger partial charge in [-0.3, -0.25) is 0 Å². The van der Waals surface area contributed by atoms with Gasteiger partial charge in [-0.25, -0.2) is 14.6 Å². The smallest absolute Gasteiger partial charge is 0.144 e. The molecule has 0 radical (unpaired) electrons. The molecule has 0 aliphatic carbocycles. The molecule has 0 heterocycles. The molecule has 0 aliphatic rings. The first-order chi connectivity index (χ1) is 9.90. The van der Waals surface area contributed by atoms with Crippen LogP contribution in [-0.2, 0) is 6.61 Å². The first-order valence-corrected chi connectivity index (χ1v) is 7.03. The van der Waals surface area contributed by atoms with Gasteiger partial charge in [0.2, 0.25) is 0 Å². The van der Waals surface area contributed by atoms with Crippen LogP contribution in [0.2, 0.25) is 0 Å². The summed E-state index contributed by atoms with van der Waals surface area (Å²) >= 11 is 2.82. The summed E-state index contributed by atoms with van der Waals surface area (Å²) in [7, 11) is 1.72. The maximum atomic E-state index is 13.5. The Kier molecular flexibility index (Phi) is 4.80. The van der Waals surface area contributed by atoms with Crippen LogP contribution in [0.25, 0.3) is 0 Å². The number of rotatable bonds is 4. The molecule has 6 heteroatoms. The molecule has 0 aromatic heterocycles. The zero-order chi connectivity index (χ0) is 15.6. The van der Waals surface area contributed by atoms with Crippen molar-refractivity contribution in [3.05, 3.63) is 57.6 Å². The number of nitrogens with two attached hydrogens (primary N) is 1. The molecule has 112 valence electrons. The third-order valence-electron chi connectivity index (χ3n) is 3.11. The zero-order valence-electron chi connectivity index (χ0n) is 11.7. The lowest BCUT2D eigenvalue weighted by Crippen LogP contribution is -2.26. The highest BCUT2D eigenvalue weighted by atomic mass is 79.9. The highest BCUT2D eigenvalue weighted by Gasteiger charge is 2.12. The summed E-state index contributed by atoms with van der Waals surface area (Å²) in [5.74, 6) is 4.49. The van der Waals surface area contributed by atoms with E-state index in [1.165, 1.54) is 5.01 Å². The van der Waals surface area contributed by atoms with Gasteiger partial charge in [0, 0.05) is 24.7 Å². The quantitative estimate of drug-likeness (QED) is 0.512. The number of hydrogen-bond donors (Lipinski definition) is 1. The summed E-state index contributed by atoms with van der Waals surface area (Å²) in [6, 6.07) is 7.94. The molecular formula is C15H15BrF2N2O. The van der Waals surface area contributed by atoms with Gasteiger partial charge in [0.05, 0.1) is 10.2 Å². The van der Waals surface area contributed by atoms with Gasteiger partial charge in [0.15, 0.2) is 0 Å². The van der Waals surface area contributed by atoms with Gasteiger partial charge < -0.3 is 9.75 Å². The Hall–Kier alpha value is -1.66. The van der Waals surface area contributed by atoms with Gasteiger partial charge >= 0.3 is 0 Å². The Balaban J connectivity index is 2.25.